The van der Waals surface area contributed by atoms with Gasteiger partial charge in [-0.05, 0) is 55.7 Å². The monoisotopic (exact) mass is 443 g/mol. The minimum Gasteiger partial charge on any atom is -0.493 e. The number of ether oxygens (including phenoxy) is 2. The quantitative estimate of drug-likeness (QED) is 0.421. The standard InChI is InChI=1S/C21H21N3O6S/c1-13-5-7-18(19(9-13)29-4)30-21-8-6-16(12-22-21)23-31(27,28)20-11-17(24(25)26)10-14(2)15(20)3/h5-12,23H,1-4H3. The highest BCUT2D eigenvalue weighted by Crippen LogP contribution is 2.32. The van der Waals surface area contributed by atoms with Gasteiger partial charge in [-0.25, -0.2) is 13.4 Å². The van der Waals surface area contributed by atoms with Gasteiger partial charge in [-0.3, -0.25) is 14.8 Å². The van der Waals surface area contributed by atoms with E-state index in [1.54, 1.807) is 19.9 Å². The maximum absolute atomic E-state index is 12.8. The summed E-state index contributed by atoms with van der Waals surface area (Å²) in [6.07, 6.45) is 1.30. The number of benzene rings is 2. The number of aromatic nitrogens is 1. The Labute approximate surface area is 179 Å². The first-order valence-electron chi connectivity index (χ1n) is 9.17. The van der Waals surface area contributed by atoms with Gasteiger partial charge in [0.05, 0.1) is 28.8 Å². The highest BCUT2D eigenvalue weighted by molar-refractivity contribution is 7.92. The van der Waals surface area contributed by atoms with Crippen molar-refractivity contribution in [3.63, 3.8) is 0 Å². The lowest BCUT2D eigenvalue weighted by Gasteiger charge is -2.13. The molecule has 0 atom stereocenters. The molecule has 3 rings (SSSR count). The fraction of sp³-hybridized carbons (Fsp3) is 0.190. The maximum Gasteiger partial charge on any atom is 0.271 e. The topological polar surface area (TPSA) is 121 Å². The number of nitrogens with zero attached hydrogens (tertiary/aromatic N) is 2. The van der Waals surface area contributed by atoms with Crippen LogP contribution >= 0.6 is 0 Å². The van der Waals surface area contributed by atoms with Gasteiger partial charge in [0.1, 0.15) is 0 Å². The molecule has 0 bridgehead atoms. The summed E-state index contributed by atoms with van der Waals surface area (Å²) in [4.78, 5) is 14.4. The van der Waals surface area contributed by atoms with Crippen LogP contribution in [0.3, 0.4) is 0 Å². The van der Waals surface area contributed by atoms with Crippen LogP contribution in [0.5, 0.6) is 17.4 Å². The molecule has 9 nitrogen and oxygen atoms in total. The van der Waals surface area contributed by atoms with Crippen LogP contribution in [0.1, 0.15) is 16.7 Å². The number of nitro benzene ring substituents is 1. The molecule has 1 aromatic heterocycles. The summed E-state index contributed by atoms with van der Waals surface area (Å²) >= 11 is 0. The van der Waals surface area contributed by atoms with Gasteiger partial charge in [0, 0.05) is 18.2 Å². The number of rotatable bonds is 7. The number of methoxy groups -OCH3 is 1. The van der Waals surface area contributed by atoms with E-state index in [1.165, 1.54) is 31.5 Å². The second-order valence-electron chi connectivity index (χ2n) is 6.89. The SMILES string of the molecule is COc1cc(C)ccc1Oc1ccc(NS(=O)(=O)c2cc([N+](=O)[O-])cc(C)c2C)cn1. The molecule has 162 valence electrons. The molecule has 0 aliphatic carbocycles. The van der Waals surface area contributed by atoms with Gasteiger partial charge >= 0.3 is 0 Å². The summed E-state index contributed by atoms with van der Waals surface area (Å²) in [5.41, 5.74) is 1.83. The molecule has 0 aliphatic heterocycles. The Kier molecular flexibility index (Phi) is 6.11. The Morgan fingerprint density at radius 3 is 2.39 bits per heavy atom. The Hall–Kier alpha value is -3.66. The number of non-ortho nitro benzene ring substituents is 1. The third-order valence-corrected chi connectivity index (χ3v) is 6.13. The molecule has 2 aromatic carbocycles. The molecule has 1 N–H and O–H groups in total. The zero-order valence-corrected chi connectivity index (χ0v) is 18.2. The molecule has 0 radical (unpaired) electrons. The number of anilines is 1. The van der Waals surface area contributed by atoms with Crippen molar-refractivity contribution in [2.45, 2.75) is 25.7 Å². The number of hydrogen-bond donors (Lipinski definition) is 1. The van der Waals surface area contributed by atoms with E-state index in [4.69, 9.17) is 9.47 Å². The smallest absolute Gasteiger partial charge is 0.271 e. The number of nitrogens with one attached hydrogen (secondary N) is 1. The predicted octanol–water partition coefficient (Wildman–Crippen LogP) is 4.52. The van der Waals surface area contributed by atoms with Crippen molar-refractivity contribution in [1.82, 2.24) is 4.98 Å². The van der Waals surface area contributed by atoms with Gasteiger partial charge in [0.25, 0.3) is 15.7 Å². The van der Waals surface area contributed by atoms with Crippen LogP contribution in [0.25, 0.3) is 0 Å². The zero-order chi connectivity index (χ0) is 22.8. The first-order chi connectivity index (χ1) is 14.6. The normalized spacial score (nSPS) is 11.1. The maximum atomic E-state index is 12.8. The minimum absolute atomic E-state index is 0.163. The zero-order valence-electron chi connectivity index (χ0n) is 17.4. The van der Waals surface area contributed by atoms with Crippen molar-refractivity contribution in [2.75, 3.05) is 11.8 Å². The fourth-order valence-corrected chi connectivity index (χ4v) is 4.26. The summed E-state index contributed by atoms with van der Waals surface area (Å²) < 4.78 is 39.1. The van der Waals surface area contributed by atoms with E-state index >= 15 is 0 Å². The fourth-order valence-electron chi connectivity index (χ4n) is 2.88. The predicted molar refractivity (Wildman–Crippen MR) is 115 cm³/mol. The minimum atomic E-state index is -4.06. The van der Waals surface area contributed by atoms with E-state index in [1.807, 2.05) is 19.1 Å². The second kappa shape index (κ2) is 8.60. The van der Waals surface area contributed by atoms with Crippen LogP contribution in [-0.2, 0) is 10.0 Å². The van der Waals surface area contributed by atoms with Crippen molar-refractivity contribution < 1.29 is 22.8 Å². The van der Waals surface area contributed by atoms with Gasteiger partial charge in [-0.15, -0.1) is 0 Å². The van der Waals surface area contributed by atoms with Crippen molar-refractivity contribution >= 4 is 21.4 Å². The van der Waals surface area contributed by atoms with Crippen LogP contribution in [0.15, 0.2) is 53.6 Å². The van der Waals surface area contributed by atoms with Crippen molar-refractivity contribution in [2.24, 2.45) is 0 Å². The summed E-state index contributed by atoms with van der Waals surface area (Å²) in [5.74, 6) is 1.26. The second-order valence-corrected chi connectivity index (χ2v) is 8.54. The molecular weight excluding hydrogens is 422 g/mol. The average molecular weight is 443 g/mol. The Morgan fingerprint density at radius 2 is 1.77 bits per heavy atom. The first-order valence-corrected chi connectivity index (χ1v) is 10.7. The first kappa shape index (κ1) is 22.0. The third-order valence-electron chi connectivity index (χ3n) is 4.63. The summed E-state index contributed by atoms with van der Waals surface area (Å²) in [5, 5.41) is 11.1. The highest BCUT2D eigenvalue weighted by atomic mass is 32.2. The molecule has 0 fully saturated rings. The Bertz CT molecular complexity index is 1240. The van der Waals surface area contributed by atoms with Gasteiger partial charge in [-0.2, -0.15) is 0 Å². The number of aryl methyl sites for hydroxylation is 2. The summed E-state index contributed by atoms with van der Waals surface area (Å²) in [7, 11) is -2.53. The van der Waals surface area contributed by atoms with E-state index in [9.17, 15) is 18.5 Å². The molecule has 0 unspecified atom stereocenters. The van der Waals surface area contributed by atoms with Gasteiger partial charge in [0.2, 0.25) is 5.88 Å². The molecule has 31 heavy (non-hydrogen) atoms. The van der Waals surface area contributed by atoms with E-state index < -0.39 is 14.9 Å². The molecule has 0 aliphatic rings. The molecule has 0 spiro atoms. The lowest BCUT2D eigenvalue weighted by Crippen LogP contribution is -2.15. The van der Waals surface area contributed by atoms with Gasteiger partial charge in [0.15, 0.2) is 11.5 Å². The van der Waals surface area contributed by atoms with Crippen molar-refractivity contribution in [3.05, 3.63) is 75.5 Å². The van der Waals surface area contributed by atoms with Gasteiger partial charge in [-0.1, -0.05) is 6.07 Å². The number of hydrogen-bond acceptors (Lipinski definition) is 7. The Balaban J connectivity index is 1.84. The molecule has 0 saturated heterocycles. The average Bonchev–Trinajstić information content (AvgIpc) is 2.72. The number of nitro groups is 1. The molecule has 0 amide bonds. The van der Waals surface area contributed by atoms with E-state index in [-0.39, 0.29) is 22.2 Å². The molecular formula is C21H21N3O6S. The largest absolute Gasteiger partial charge is 0.493 e. The van der Waals surface area contributed by atoms with Gasteiger partial charge < -0.3 is 9.47 Å². The number of sulfonamides is 1. The molecule has 10 heteroatoms. The highest BCUT2D eigenvalue weighted by Gasteiger charge is 2.22. The lowest BCUT2D eigenvalue weighted by atomic mass is 10.1. The van der Waals surface area contributed by atoms with Crippen LogP contribution in [-0.4, -0.2) is 25.4 Å². The van der Waals surface area contributed by atoms with Crippen molar-refractivity contribution in [1.29, 1.82) is 0 Å². The van der Waals surface area contributed by atoms with Crippen LogP contribution in [0, 0.1) is 30.9 Å². The lowest BCUT2D eigenvalue weighted by molar-refractivity contribution is -0.385. The Morgan fingerprint density at radius 1 is 1.03 bits per heavy atom. The van der Waals surface area contributed by atoms with E-state index in [0.29, 0.717) is 22.6 Å². The molecule has 0 saturated carbocycles. The summed E-state index contributed by atoms with van der Waals surface area (Å²) in [6, 6.07) is 10.8. The molecule has 1 heterocycles. The van der Waals surface area contributed by atoms with E-state index in [0.717, 1.165) is 11.6 Å². The van der Waals surface area contributed by atoms with E-state index in [2.05, 4.69) is 9.71 Å². The van der Waals surface area contributed by atoms with Crippen LogP contribution in [0.4, 0.5) is 11.4 Å². The molecule has 3 aromatic rings. The summed E-state index contributed by atoms with van der Waals surface area (Å²) in [6.45, 7) is 5.14. The third kappa shape index (κ3) is 4.92. The van der Waals surface area contributed by atoms with Crippen LogP contribution in [0.2, 0.25) is 0 Å². The van der Waals surface area contributed by atoms with Crippen LogP contribution < -0.4 is 14.2 Å². The number of pyridine rings is 1. The van der Waals surface area contributed by atoms with Crippen molar-refractivity contribution in [3.8, 4) is 17.4 Å².